The second-order valence-electron chi connectivity index (χ2n) is 4.39. The summed E-state index contributed by atoms with van der Waals surface area (Å²) in [6, 6.07) is 0. The van der Waals surface area contributed by atoms with Crippen molar-refractivity contribution in [2.45, 2.75) is 52.9 Å². The second kappa shape index (κ2) is 4.13. The summed E-state index contributed by atoms with van der Waals surface area (Å²) in [6.45, 7) is 6.98. The van der Waals surface area contributed by atoms with Crippen LogP contribution in [0, 0.1) is 17.8 Å². The van der Waals surface area contributed by atoms with E-state index < -0.39 is 0 Å². The second-order valence-corrected chi connectivity index (χ2v) is 4.39. The predicted octanol–water partition coefficient (Wildman–Crippen LogP) is 3.82. The standard InChI is InChI=1S/C11H21/c1-9(2)11-6-4-5-10(3)7-8-11/h10-11H,4-8H2,1-3H3. The van der Waals surface area contributed by atoms with Gasteiger partial charge in [-0.2, -0.15) is 0 Å². The highest BCUT2D eigenvalue weighted by atomic mass is 14.2. The highest BCUT2D eigenvalue weighted by Gasteiger charge is 2.18. The molecule has 0 N–H and O–H groups in total. The van der Waals surface area contributed by atoms with Gasteiger partial charge in [-0.3, -0.25) is 0 Å². The Bertz CT molecular complexity index is 105. The summed E-state index contributed by atoms with van der Waals surface area (Å²) in [6.07, 6.45) is 7.27. The lowest BCUT2D eigenvalue weighted by Crippen LogP contribution is -2.04. The maximum absolute atomic E-state index is 2.40. The molecule has 0 saturated heterocycles. The Hall–Kier alpha value is 0. The molecule has 2 atom stereocenters. The van der Waals surface area contributed by atoms with Gasteiger partial charge in [0.05, 0.1) is 0 Å². The molecule has 1 rings (SSSR count). The van der Waals surface area contributed by atoms with E-state index in [1.165, 1.54) is 32.1 Å². The first kappa shape index (κ1) is 9.09. The first-order valence-corrected chi connectivity index (χ1v) is 5.00. The first-order valence-electron chi connectivity index (χ1n) is 5.00. The lowest BCUT2D eigenvalue weighted by Gasteiger charge is -2.17. The van der Waals surface area contributed by atoms with E-state index in [2.05, 4.69) is 20.8 Å². The van der Waals surface area contributed by atoms with Crippen molar-refractivity contribution in [3.8, 4) is 0 Å². The average Bonchev–Trinajstić information content (AvgIpc) is 2.13. The first-order chi connectivity index (χ1) is 5.20. The highest BCUT2D eigenvalue weighted by Crippen LogP contribution is 2.31. The highest BCUT2D eigenvalue weighted by molar-refractivity contribution is 4.88. The van der Waals surface area contributed by atoms with Gasteiger partial charge in [-0.1, -0.05) is 40.0 Å². The third kappa shape index (κ3) is 2.84. The van der Waals surface area contributed by atoms with E-state index in [1.54, 1.807) is 5.92 Å². The fourth-order valence-electron chi connectivity index (χ4n) is 2.06. The maximum atomic E-state index is 2.40. The summed E-state index contributed by atoms with van der Waals surface area (Å²) in [5, 5.41) is 0. The molecule has 1 fully saturated rings. The zero-order valence-electron chi connectivity index (χ0n) is 8.19. The van der Waals surface area contributed by atoms with Crippen LogP contribution in [0.4, 0.5) is 0 Å². The van der Waals surface area contributed by atoms with Gasteiger partial charge in [-0.25, -0.2) is 0 Å². The molecule has 0 nitrogen and oxygen atoms in total. The SMILES string of the molecule is C[C](C)C1CCCC(C)CC1. The van der Waals surface area contributed by atoms with Crippen LogP contribution in [0.2, 0.25) is 0 Å². The molecule has 0 aromatic heterocycles. The van der Waals surface area contributed by atoms with Gasteiger partial charge in [0.1, 0.15) is 0 Å². The van der Waals surface area contributed by atoms with E-state index in [-0.39, 0.29) is 0 Å². The van der Waals surface area contributed by atoms with Gasteiger partial charge in [0.15, 0.2) is 0 Å². The molecule has 0 spiro atoms. The zero-order valence-corrected chi connectivity index (χ0v) is 8.19. The summed E-state index contributed by atoms with van der Waals surface area (Å²) in [7, 11) is 0. The van der Waals surface area contributed by atoms with E-state index in [4.69, 9.17) is 0 Å². The van der Waals surface area contributed by atoms with Crippen LogP contribution in [0.1, 0.15) is 52.9 Å². The molecule has 2 unspecified atom stereocenters. The monoisotopic (exact) mass is 153 g/mol. The Morgan fingerprint density at radius 1 is 1.00 bits per heavy atom. The lowest BCUT2D eigenvalue weighted by molar-refractivity contribution is 0.460. The molecule has 0 amide bonds. The Balaban J connectivity index is 2.34. The van der Waals surface area contributed by atoms with Crippen molar-refractivity contribution in [1.82, 2.24) is 0 Å². The predicted molar refractivity (Wildman–Crippen MR) is 50.3 cm³/mol. The molecular weight excluding hydrogens is 132 g/mol. The molecule has 0 aliphatic heterocycles. The van der Waals surface area contributed by atoms with Crippen LogP contribution in [0.15, 0.2) is 0 Å². The molecule has 0 heteroatoms. The van der Waals surface area contributed by atoms with Crippen LogP contribution in [-0.4, -0.2) is 0 Å². The molecule has 11 heavy (non-hydrogen) atoms. The van der Waals surface area contributed by atoms with Crippen molar-refractivity contribution >= 4 is 0 Å². The Morgan fingerprint density at radius 2 is 1.73 bits per heavy atom. The summed E-state index contributed by atoms with van der Waals surface area (Å²) in [4.78, 5) is 0. The zero-order chi connectivity index (χ0) is 8.27. The van der Waals surface area contributed by atoms with Crippen molar-refractivity contribution in [3.05, 3.63) is 5.92 Å². The van der Waals surface area contributed by atoms with Crippen molar-refractivity contribution in [2.75, 3.05) is 0 Å². The van der Waals surface area contributed by atoms with E-state index in [1.807, 2.05) is 0 Å². The quantitative estimate of drug-likeness (QED) is 0.502. The average molecular weight is 153 g/mol. The van der Waals surface area contributed by atoms with Crippen LogP contribution in [0.25, 0.3) is 0 Å². The van der Waals surface area contributed by atoms with E-state index in [0.29, 0.717) is 0 Å². The molecule has 0 aromatic carbocycles. The van der Waals surface area contributed by atoms with Crippen LogP contribution < -0.4 is 0 Å². The maximum Gasteiger partial charge on any atom is -0.0272 e. The molecule has 0 bridgehead atoms. The largest absolute Gasteiger partial charge is 0.0625 e. The molecular formula is C11H21. The minimum atomic E-state index is 0.944. The van der Waals surface area contributed by atoms with Crippen molar-refractivity contribution in [2.24, 2.45) is 11.8 Å². The van der Waals surface area contributed by atoms with Gasteiger partial charge in [0.2, 0.25) is 0 Å². The molecule has 1 radical (unpaired) electrons. The normalized spacial score (nSPS) is 33.8. The van der Waals surface area contributed by atoms with Crippen LogP contribution in [-0.2, 0) is 0 Å². The van der Waals surface area contributed by atoms with Crippen molar-refractivity contribution in [1.29, 1.82) is 0 Å². The van der Waals surface area contributed by atoms with E-state index in [9.17, 15) is 0 Å². The number of rotatable bonds is 1. The third-order valence-corrected chi connectivity index (χ3v) is 3.07. The van der Waals surface area contributed by atoms with Gasteiger partial charge in [0.25, 0.3) is 0 Å². The van der Waals surface area contributed by atoms with Crippen LogP contribution in [0.5, 0.6) is 0 Å². The number of hydrogen-bond donors (Lipinski definition) is 0. The summed E-state index contributed by atoms with van der Waals surface area (Å²) in [5.41, 5.74) is 0. The topological polar surface area (TPSA) is 0 Å². The number of hydrogen-bond acceptors (Lipinski definition) is 0. The molecule has 0 aromatic rings. The van der Waals surface area contributed by atoms with Crippen LogP contribution >= 0.6 is 0 Å². The molecule has 65 valence electrons. The van der Waals surface area contributed by atoms with Gasteiger partial charge in [0, 0.05) is 0 Å². The van der Waals surface area contributed by atoms with Crippen molar-refractivity contribution in [3.63, 3.8) is 0 Å². The van der Waals surface area contributed by atoms with Gasteiger partial charge in [-0.05, 0) is 30.6 Å². The minimum absolute atomic E-state index is 0.944. The van der Waals surface area contributed by atoms with Crippen molar-refractivity contribution < 1.29 is 0 Å². The Labute approximate surface area is 71.4 Å². The van der Waals surface area contributed by atoms with Crippen LogP contribution in [0.3, 0.4) is 0 Å². The van der Waals surface area contributed by atoms with E-state index in [0.717, 1.165) is 11.8 Å². The van der Waals surface area contributed by atoms with Gasteiger partial charge < -0.3 is 0 Å². The summed E-state index contributed by atoms with van der Waals surface area (Å²) < 4.78 is 0. The van der Waals surface area contributed by atoms with Gasteiger partial charge >= 0.3 is 0 Å². The Morgan fingerprint density at radius 3 is 2.36 bits per heavy atom. The van der Waals surface area contributed by atoms with Gasteiger partial charge in [-0.15, -0.1) is 0 Å². The minimum Gasteiger partial charge on any atom is -0.0625 e. The third-order valence-electron chi connectivity index (χ3n) is 3.07. The summed E-state index contributed by atoms with van der Waals surface area (Å²) in [5.74, 6) is 3.58. The molecule has 0 heterocycles. The van der Waals surface area contributed by atoms with E-state index >= 15 is 0 Å². The fraction of sp³-hybridized carbons (Fsp3) is 0.909. The molecule has 1 aliphatic carbocycles. The molecule has 1 aliphatic rings. The smallest absolute Gasteiger partial charge is 0.0272 e. The summed E-state index contributed by atoms with van der Waals surface area (Å²) >= 11 is 0. The molecule has 1 saturated carbocycles. The fourth-order valence-corrected chi connectivity index (χ4v) is 2.06. The lowest BCUT2D eigenvalue weighted by atomic mass is 9.89. The Kier molecular flexibility index (Phi) is 3.42.